The maximum absolute atomic E-state index is 11.4. The van der Waals surface area contributed by atoms with Crippen molar-refractivity contribution in [1.82, 2.24) is 0 Å². The van der Waals surface area contributed by atoms with E-state index in [1.165, 1.54) is 0 Å². The number of aliphatic hydroxyl groups excluding tert-OH is 2. The molecule has 1 aromatic carbocycles. The molecule has 0 heterocycles. The Morgan fingerprint density at radius 3 is 2.12 bits per heavy atom. The van der Waals surface area contributed by atoms with Crippen LogP contribution in [-0.4, -0.2) is 16.1 Å². The molecule has 3 N–H and O–H groups in total. The fraction of sp³-hybridized carbons (Fsp3) is 0.250. The lowest BCUT2D eigenvalue weighted by Crippen LogP contribution is -2.12. The molecule has 0 aliphatic carbocycles. The first-order valence-corrected chi connectivity index (χ1v) is 4.88. The van der Waals surface area contributed by atoms with E-state index in [-0.39, 0.29) is 19.1 Å². The van der Waals surface area contributed by atoms with Gasteiger partial charge >= 0.3 is 0 Å². The zero-order chi connectivity index (χ0) is 12.1. The highest BCUT2D eigenvalue weighted by Gasteiger charge is 2.05. The molecule has 0 saturated carbocycles. The summed E-state index contributed by atoms with van der Waals surface area (Å²) in [5.41, 5.74) is 2.23. The Hall–Kier alpha value is -1.65. The molecule has 0 aliphatic heterocycles. The average Bonchev–Trinajstić information content (AvgIpc) is 2.28. The summed E-state index contributed by atoms with van der Waals surface area (Å²) >= 11 is 0. The number of hydrogen-bond acceptors (Lipinski definition) is 3. The smallest absolute Gasteiger partial charge is 0.250 e. The van der Waals surface area contributed by atoms with E-state index in [2.05, 4.69) is 11.9 Å². The Morgan fingerprint density at radius 1 is 1.25 bits per heavy atom. The molecule has 0 bridgehead atoms. The first-order valence-electron chi connectivity index (χ1n) is 4.88. The largest absolute Gasteiger partial charge is 0.392 e. The van der Waals surface area contributed by atoms with Crippen LogP contribution in [0.1, 0.15) is 18.1 Å². The SMILES string of the molecule is C=C(C)C(=O)Nc1cc(CO)cc(CO)c1. The van der Waals surface area contributed by atoms with E-state index in [1.807, 2.05) is 0 Å². The minimum absolute atomic E-state index is 0.135. The zero-order valence-corrected chi connectivity index (χ0v) is 9.16. The molecule has 1 rings (SSSR count). The van der Waals surface area contributed by atoms with Crippen LogP contribution in [0, 0.1) is 0 Å². The third-order valence-corrected chi connectivity index (χ3v) is 2.06. The van der Waals surface area contributed by atoms with E-state index < -0.39 is 0 Å². The second-order valence-electron chi connectivity index (χ2n) is 3.59. The number of anilines is 1. The van der Waals surface area contributed by atoms with Crippen molar-refractivity contribution in [2.24, 2.45) is 0 Å². The number of carbonyl (C=O) groups excluding carboxylic acids is 1. The molecule has 0 aromatic heterocycles. The predicted octanol–water partition coefficient (Wildman–Crippen LogP) is 1.19. The molecule has 0 spiro atoms. The van der Waals surface area contributed by atoms with Crippen molar-refractivity contribution < 1.29 is 15.0 Å². The summed E-state index contributed by atoms with van der Waals surface area (Å²) in [6.07, 6.45) is 0. The highest BCUT2D eigenvalue weighted by atomic mass is 16.3. The van der Waals surface area contributed by atoms with E-state index >= 15 is 0 Å². The van der Waals surface area contributed by atoms with Gasteiger partial charge in [-0.15, -0.1) is 0 Å². The Morgan fingerprint density at radius 2 is 1.75 bits per heavy atom. The summed E-state index contributed by atoms with van der Waals surface area (Å²) in [7, 11) is 0. The van der Waals surface area contributed by atoms with E-state index in [4.69, 9.17) is 10.2 Å². The van der Waals surface area contributed by atoms with Crippen molar-refractivity contribution in [1.29, 1.82) is 0 Å². The van der Waals surface area contributed by atoms with Gasteiger partial charge in [0.25, 0.3) is 5.91 Å². The predicted molar refractivity (Wildman–Crippen MR) is 61.7 cm³/mol. The van der Waals surface area contributed by atoms with Crippen molar-refractivity contribution in [3.8, 4) is 0 Å². The van der Waals surface area contributed by atoms with Crippen LogP contribution in [0.25, 0.3) is 0 Å². The quantitative estimate of drug-likeness (QED) is 0.669. The monoisotopic (exact) mass is 221 g/mol. The molecule has 4 heteroatoms. The summed E-state index contributed by atoms with van der Waals surface area (Å²) in [4.78, 5) is 11.4. The van der Waals surface area contributed by atoms with E-state index in [0.717, 1.165) is 0 Å². The maximum Gasteiger partial charge on any atom is 0.250 e. The van der Waals surface area contributed by atoms with E-state index in [0.29, 0.717) is 22.4 Å². The van der Waals surface area contributed by atoms with Crippen molar-refractivity contribution in [3.05, 3.63) is 41.5 Å². The van der Waals surface area contributed by atoms with Crippen LogP contribution in [0.2, 0.25) is 0 Å². The first-order chi connectivity index (χ1) is 7.56. The summed E-state index contributed by atoms with van der Waals surface area (Å²) < 4.78 is 0. The standard InChI is InChI=1S/C12H15NO3/c1-8(2)12(16)13-11-4-9(6-14)3-10(5-11)7-15/h3-5,14-15H,1,6-7H2,2H3,(H,13,16). The van der Waals surface area contributed by atoms with Crippen LogP contribution in [0.4, 0.5) is 5.69 Å². The van der Waals surface area contributed by atoms with Crippen molar-refractivity contribution in [2.45, 2.75) is 20.1 Å². The Kier molecular flexibility index (Phi) is 4.22. The number of aliphatic hydroxyl groups is 2. The summed E-state index contributed by atoms with van der Waals surface area (Å²) in [6.45, 7) is 4.86. The molecule has 0 unspecified atom stereocenters. The molecular formula is C12H15NO3. The third kappa shape index (κ3) is 3.18. The van der Waals surface area contributed by atoms with Crippen molar-refractivity contribution >= 4 is 11.6 Å². The summed E-state index contributed by atoms with van der Waals surface area (Å²) in [5, 5.41) is 20.7. The van der Waals surface area contributed by atoms with Gasteiger partial charge in [0.1, 0.15) is 0 Å². The molecule has 0 fully saturated rings. The fourth-order valence-corrected chi connectivity index (χ4v) is 1.26. The molecule has 1 amide bonds. The minimum Gasteiger partial charge on any atom is -0.392 e. The minimum atomic E-state index is -0.279. The van der Waals surface area contributed by atoms with Gasteiger partial charge in [0.05, 0.1) is 13.2 Å². The lowest BCUT2D eigenvalue weighted by Gasteiger charge is -2.08. The highest BCUT2D eigenvalue weighted by molar-refractivity contribution is 6.02. The van der Waals surface area contributed by atoms with Gasteiger partial charge in [-0.25, -0.2) is 0 Å². The van der Waals surface area contributed by atoms with Gasteiger partial charge in [0.2, 0.25) is 0 Å². The van der Waals surface area contributed by atoms with E-state index in [1.54, 1.807) is 25.1 Å². The molecule has 4 nitrogen and oxygen atoms in total. The fourth-order valence-electron chi connectivity index (χ4n) is 1.26. The number of amides is 1. The Balaban J connectivity index is 2.95. The number of rotatable bonds is 4. The third-order valence-electron chi connectivity index (χ3n) is 2.06. The molecule has 86 valence electrons. The second-order valence-corrected chi connectivity index (χ2v) is 3.59. The topological polar surface area (TPSA) is 69.6 Å². The van der Waals surface area contributed by atoms with Gasteiger partial charge in [-0.05, 0) is 30.2 Å². The van der Waals surface area contributed by atoms with Crippen LogP contribution in [0.3, 0.4) is 0 Å². The van der Waals surface area contributed by atoms with Gasteiger partial charge in [0.15, 0.2) is 0 Å². The van der Waals surface area contributed by atoms with Gasteiger partial charge in [0, 0.05) is 11.3 Å². The van der Waals surface area contributed by atoms with Crippen LogP contribution >= 0.6 is 0 Å². The van der Waals surface area contributed by atoms with E-state index in [9.17, 15) is 4.79 Å². The van der Waals surface area contributed by atoms with Crippen molar-refractivity contribution in [3.63, 3.8) is 0 Å². The number of benzene rings is 1. The van der Waals surface area contributed by atoms with Crippen LogP contribution < -0.4 is 5.32 Å². The first kappa shape index (κ1) is 12.4. The number of nitrogens with one attached hydrogen (secondary N) is 1. The molecule has 0 saturated heterocycles. The average molecular weight is 221 g/mol. The number of carbonyl (C=O) groups is 1. The molecule has 1 aromatic rings. The molecule has 0 atom stereocenters. The second kappa shape index (κ2) is 5.44. The van der Waals surface area contributed by atoms with Gasteiger partial charge < -0.3 is 15.5 Å². The normalized spacial score (nSPS) is 9.94. The summed E-state index contributed by atoms with van der Waals surface area (Å²) in [5.74, 6) is -0.279. The van der Waals surface area contributed by atoms with Crippen molar-refractivity contribution in [2.75, 3.05) is 5.32 Å². The summed E-state index contributed by atoms with van der Waals surface area (Å²) in [6, 6.07) is 4.98. The molecule has 0 aliphatic rings. The van der Waals surface area contributed by atoms with Crippen LogP contribution in [0.15, 0.2) is 30.4 Å². The molecule has 16 heavy (non-hydrogen) atoms. The van der Waals surface area contributed by atoms with Crippen LogP contribution in [-0.2, 0) is 18.0 Å². The molecular weight excluding hydrogens is 206 g/mol. The van der Waals surface area contributed by atoms with Gasteiger partial charge in [-0.1, -0.05) is 12.6 Å². The zero-order valence-electron chi connectivity index (χ0n) is 9.16. The Bertz CT molecular complexity index is 390. The lowest BCUT2D eigenvalue weighted by molar-refractivity contribution is -0.112. The number of hydrogen-bond donors (Lipinski definition) is 3. The highest BCUT2D eigenvalue weighted by Crippen LogP contribution is 2.16. The Labute approximate surface area is 94.2 Å². The lowest BCUT2D eigenvalue weighted by atomic mass is 10.1. The van der Waals surface area contributed by atoms with Crippen LogP contribution in [0.5, 0.6) is 0 Å². The van der Waals surface area contributed by atoms with Gasteiger partial charge in [-0.2, -0.15) is 0 Å². The van der Waals surface area contributed by atoms with Gasteiger partial charge in [-0.3, -0.25) is 4.79 Å². The molecule has 0 radical (unpaired) electrons. The maximum atomic E-state index is 11.4.